The number of benzene rings is 2. The molecule has 2 aromatic carbocycles. The lowest BCUT2D eigenvalue weighted by atomic mass is 9.97. The summed E-state index contributed by atoms with van der Waals surface area (Å²) in [5.41, 5.74) is 1.65. The Morgan fingerprint density at radius 3 is 2.33 bits per heavy atom. The van der Waals surface area contributed by atoms with Crippen LogP contribution in [0.5, 0.6) is 0 Å². The number of piperidine rings is 1. The maximum atomic E-state index is 12.7. The average Bonchev–Trinajstić information content (AvgIpc) is 2.69. The van der Waals surface area contributed by atoms with Crippen LogP contribution in [0.1, 0.15) is 24.0 Å². The highest BCUT2D eigenvalue weighted by Gasteiger charge is 2.31. The summed E-state index contributed by atoms with van der Waals surface area (Å²) in [5.74, 6) is -0.278. The van der Waals surface area contributed by atoms with Crippen LogP contribution in [0.25, 0.3) is 0 Å². The zero-order valence-corrected chi connectivity index (χ0v) is 16.5. The van der Waals surface area contributed by atoms with Crippen LogP contribution in [-0.2, 0) is 27.1 Å². The number of carbonyl (C=O) groups is 1. The van der Waals surface area contributed by atoms with Crippen molar-refractivity contribution in [3.63, 3.8) is 0 Å². The van der Waals surface area contributed by atoms with Gasteiger partial charge >= 0.3 is 0 Å². The Kier molecular flexibility index (Phi) is 6.52. The van der Waals surface area contributed by atoms with Crippen molar-refractivity contribution in [1.29, 1.82) is 0 Å². The first-order chi connectivity index (χ1) is 13.0. The highest BCUT2D eigenvalue weighted by Crippen LogP contribution is 2.24. The van der Waals surface area contributed by atoms with Gasteiger partial charge in [0, 0.05) is 30.6 Å². The van der Waals surface area contributed by atoms with Gasteiger partial charge in [-0.15, -0.1) is 0 Å². The Labute approximate surface area is 165 Å². The fraction of sp³-hybridized carbons (Fsp3) is 0.350. The molecule has 3 rings (SSSR count). The number of nitrogens with one attached hydrogen (secondary N) is 1. The highest BCUT2D eigenvalue weighted by atomic mass is 35.5. The molecule has 144 valence electrons. The summed E-state index contributed by atoms with van der Waals surface area (Å²) < 4.78 is 26.8. The third-order valence-electron chi connectivity index (χ3n) is 4.82. The van der Waals surface area contributed by atoms with Crippen molar-refractivity contribution >= 4 is 27.5 Å². The highest BCUT2D eigenvalue weighted by molar-refractivity contribution is 7.88. The molecule has 1 aliphatic rings. The van der Waals surface area contributed by atoms with Crippen molar-refractivity contribution in [3.8, 4) is 0 Å². The van der Waals surface area contributed by atoms with E-state index in [1.54, 1.807) is 24.3 Å². The van der Waals surface area contributed by atoms with Crippen molar-refractivity contribution < 1.29 is 13.2 Å². The molecule has 1 N–H and O–H groups in total. The standard InChI is InChI=1S/C20H23ClN2O3S/c21-19-9-5-4-8-18(19)15-27(25,26)23-12-10-17(11-13-23)20(24)22-14-16-6-2-1-3-7-16/h1-9,17H,10-15H2,(H,22,24). The summed E-state index contributed by atoms with van der Waals surface area (Å²) in [5, 5.41) is 3.40. The fourth-order valence-corrected chi connectivity index (χ4v) is 5.11. The second kappa shape index (κ2) is 8.87. The SMILES string of the molecule is O=C(NCc1ccccc1)C1CCN(S(=O)(=O)Cc2ccccc2Cl)CC1. The molecule has 0 atom stereocenters. The molecule has 1 amide bonds. The van der Waals surface area contributed by atoms with Gasteiger partial charge in [0.2, 0.25) is 15.9 Å². The number of carbonyl (C=O) groups excluding carboxylic acids is 1. The van der Waals surface area contributed by atoms with Gasteiger partial charge in [0.1, 0.15) is 0 Å². The van der Waals surface area contributed by atoms with E-state index in [1.165, 1.54) is 4.31 Å². The van der Waals surface area contributed by atoms with E-state index in [2.05, 4.69) is 5.32 Å². The molecule has 1 heterocycles. The summed E-state index contributed by atoms with van der Waals surface area (Å²) in [6.07, 6.45) is 1.06. The lowest BCUT2D eigenvalue weighted by molar-refractivity contribution is -0.126. The van der Waals surface area contributed by atoms with Crippen molar-refractivity contribution in [2.24, 2.45) is 5.92 Å². The minimum absolute atomic E-state index is 0.0120. The fourth-order valence-electron chi connectivity index (χ4n) is 3.23. The van der Waals surface area contributed by atoms with Gasteiger partial charge in [0.05, 0.1) is 5.75 Å². The van der Waals surface area contributed by atoms with Gasteiger partial charge in [-0.05, 0) is 30.0 Å². The second-order valence-corrected chi connectivity index (χ2v) is 9.10. The van der Waals surface area contributed by atoms with Crippen LogP contribution in [-0.4, -0.2) is 31.7 Å². The molecule has 0 aromatic heterocycles. The van der Waals surface area contributed by atoms with E-state index in [1.807, 2.05) is 30.3 Å². The topological polar surface area (TPSA) is 66.5 Å². The quantitative estimate of drug-likeness (QED) is 0.801. The lowest BCUT2D eigenvalue weighted by Gasteiger charge is -2.30. The Hall–Kier alpha value is -1.89. The molecule has 27 heavy (non-hydrogen) atoms. The molecule has 7 heteroatoms. The molecule has 0 aliphatic carbocycles. The Bertz CT molecular complexity index is 879. The molecular weight excluding hydrogens is 384 g/mol. The van der Waals surface area contributed by atoms with Crippen LogP contribution in [0.3, 0.4) is 0 Å². The van der Waals surface area contributed by atoms with E-state index < -0.39 is 10.0 Å². The first-order valence-corrected chi connectivity index (χ1v) is 11.0. The average molecular weight is 407 g/mol. The number of sulfonamides is 1. The molecule has 0 radical (unpaired) electrons. The predicted octanol–water partition coefficient (Wildman–Crippen LogP) is 3.20. The van der Waals surface area contributed by atoms with Crippen LogP contribution in [0, 0.1) is 5.92 Å². The minimum Gasteiger partial charge on any atom is -0.352 e. The van der Waals surface area contributed by atoms with Crippen LogP contribution >= 0.6 is 11.6 Å². The third kappa shape index (κ3) is 5.31. The summed E-state index contributed by atoms with van der Waals surface area (Å²) >= 11 is 6.08. The molecule has 1 fully saturated rings. The van der Waals surface area contributed by atoms with Crippen LogP contribution in [0.4, 0.5) is 0 Å². The Morgan fingerprint density at radius 1 is 1.04 bits per heavy atom. The van der Waals surface area contributed by atoms with Crippen LogP contribution in [0.2, 0.25) is 5.02 Å². The van der Waals surface area contributed by atoms with Crippen molar-refractivity contribution in [2.75, 3.05) is 13.1 Å². The van der Waals surface area contributed by atoms with Gasteiger partial charge < -0.3 is 5.32 Å². The molecular formula is C20H23ClN2O3S. The molecule has 0 saturated carbocycles. The predicted molar refractivity (Wildman–Crippen MR) is 107 cm³/mol. The van der Waals surface area contributed by atoms with Gasteiger partial charge in [-0.3, -0.25) is 4.79 Å². The second-order valence-electron chi connectivity index (χ2n) is 6.72. The van der Waals surface area contributed by atoms with Crippen molar-refractivity contribution in [1.82, 2.24) is 9.62 Å². The Balaban J connectivity index is 1.52. The monoisotopic (exact) mass is 406 g/mol. The van der Waals surface area contributed by atoms with Crippen molar-refractivity contribution in [2.45, 2.75) is 25.1 Å². The number of amides is 1. The van der Waals surface area contributed by atoms with Crippen molar-refractivity contribution in [3.05, 3.63) is 70.7 Å². The zero-order valence-electron chi connectivity index (χ0n) is 15.0. The van der Waals surface area contributed by atoms with Gasteiger partial charge in [-0.25, -0.2) is 12.7 Å². The molecule has 0 unspecified atom stereocenters. The number of rotatable bonds is 6. The maximum Gasteiger partial charge on any atom is 0.223 e. The summed E-state index contributed by atoms with van der Waals surface area (Å²) in [7, 11) is -3.45. The molecule has 1 saturated heterocycles. The number of hydrogen-bond donors (Lipinski definition) is 1. The first-order valence-electron chi connectivity index (χ1n) is 8.98. The number of halogens is 1. The third-order valence-corrected chi connectivity index (χ3v) is 7.02. The van der Waals surface area contributed by atoms with E-state index in [-0.39, 0.29) is 17.6 Å². The van der Waals surface area contributed by atoms with E-state index in [0.717, 1.165) is 5.56 Å². The van der Waals surface area contributed by atoms with E-state index in [4.69, 9.17) is 11.6 Å². The van der Waals surface area contributed by atoms with E-state index in [9.17, 15) is 13.2 Å². The van der Waals surface area contributed by atoms with Gasteiger partial charge in [-0.1, -0.05) is 60.1 Å². The van der Waals surface area contributed by atoms with Gasteiger partial charge in [0.15, 0.2) is 0 Å². The summed E-state index contributed by atoms with van der Waals surface area (Å²) in [4.78, 5) is 12.4. The van der Waals surface area contributed by atoms with Crippen LogP contribution < -0.4 is 5.32 Å². The molecule has 0 bridgehead atoms. The summed E-state index contributed by atoms with van der Waals surface area (Å²) in [6.45, 7) is 1.21. The van der Waals surface area contributed by atoms with Gasteiger partial charge in [-0.2, -0.15) is 0 Å². The van der Waals surface area contributed by atoms with E-state index >= 15 is 0 Å². The summed E-state index contributed by atoms with van der Waals surface area (Å²) in [6, 6.07) is 16.7. The van der Waals surface area contributed by atoms with Crippen LogP contribution in [0.15, 0.2) is 54.6 Å². The zero-order chi connectivity index (χ0) is 19.3. The smallest absolute Gasteiger partial charge is 0.223 e. The number of nitrogens with zero attached hydrogens (tertiary/aromatic N) is 1. The molecule has 2 aromatic rings. The largest absolute Gasteiger partial charge is 0.352 e. The maximum absolute atomic E-state index is 12.7. The molecule has 0 spiro atoms. The van der Waals surface area contributed by atoms with Gasteiger partial charge in [0.25, 0.3) is 0 Å². The molecule has 1 aliphatic heterocycles. The van der Waals surface area contributed by atoms with E-state index in [0.29, 0.717) is 43.1 Å². The minimum atomic E-state index is -3.45. The lowest BCUT2D eigenvalue weighted by Crippen LogP contribution is -2.43. The normalized spacial score (nSPS) is 16.2. The molecule has 5 nitrogen and oxygen atoms in total. The first kappa shape index (κ1) is 19.9. The Morgan fingerprint density at radius 2 is 1.67 bits per heavy atom. The number of hydrogen-bond acceptors (Lipinski definition) is 3.